The number of hydrogen-bond donors (Lipinski definition) is 0. The molecule has 0 unspecified atom stereocenters. The van der Waals surface area contributed by atoms with Gasteiger partial charge in [-0.2, -0.15) is 0 Å². The van der Waals surface area contributed by atoms with Gasteiger partial charge in [-0.25, -0.2) is 4.79 Å². The molecule has 0 aliphatic carbocycles. The van der Waals surface area contributed by atoms with E-state index in [4.69, 9.17) is 0 Å². The fourth-order valence-corrected chi connectivity index (χ4v) is 2.73. The Morgan fingerprint density at radius 3 is 2.23 bits per heavy atom. The highest BCUT2D eigenvalue weighted by atomic mass is 32.2. The summed E-state index contributed by atoms with van der Waals surface area (Å²) >= 11 is 2.73. The van der Waals surface area contributed by atoms with E-state index in [9.17, 15) is 9.59 Å². The van der Waals surface area contributed by atoms with Crippen LogP contribution in [-0.2, 0) is 14.3 Å². The first-order valence-electron chi connectivity index (χ1n) is 3.48. The van der Waals surface area contributed by atoms with Gasteiger partial charge in [-0.15, -0.1) is 0 Å². The minimum Gasteiger partial charge on any atom is -0.465 e. The second-order valence-corrected chi connectivity index (χ2v) is 4.31. The lowest BCUT2D eigenvalue weighted by Crippen LogP contribution is -2.12. The molecular weight excluding hydrogens is 208 g/mol. The SMILES string of the molecule is COC(=O)C(C(C)=O)=C1SC=CS1. The van der Waals surface area contributed by atoms with Crippen molar-refractivity contribution < 1.29 is 14.3 Å². The maximum Gasteiger partial charge on any atom is 0.343 e. The van der Waals surface area contributed by atoms with Gasteiger partial charge in [-0.1, -0.05) is 23.5 Å². The minimum atomic E-state index is -0.564. The Bertz CT molecular complexity index is 295. The second-order valence-electron chi connectivity index (χ2n) is 2.22. The Morgan fingerprint density at radius 2 is 1.85 bits per heavy atom. The van der Waals surface area contributed by atoms with Crippen molar-refractivity contribution >= 4 is 35.3 Å². The summed E-state index contributed by atoms with van der Waals surface area (Å²) in [6, 6.07) is 0. The van der Waals surface area contributed by atoms with E-state index in [1.54, 1.807) is 0 Å². The minimum absolute atomic E-state index is 0.141. The highest BCUT2D eigenvalue weighted by molar-refractivity contribution is 8.27. The first-order valence-corrected chi connectivity index (χ1v) is 5.24. The van der Waals surface area contributed by atoms with E-state index in [0.29, 0.717) is 4.24 Å². The molecule has 3 nitrogen and oxygen atoms in total. The number of ketones is 1. The van der Waals surface area contributed by atoms with Crippen molar-refractivity contribution in [1.29, 1.82) is 0 Å². The fourth-order valence-electron chi connectivity index (χ4n) is 0.798. The first-order chi connectivity index (χ1) is 6.16. The summed E-state index contributed by atoms with van der Waals surface area (Å²) in [7, 11) is 1.27. The molecule has 0 spiro atoms. The van der Waals surface area contributed by atoms with Gasteiger partial charge in [0, 0.05) is 0 Å². The molecule has 0 aromatic carbocycles. The molecule has 70 valence electrons. The predicted molar refractivity (Wildman–Crippen MR) is 54.0 cm³/mol. The van der Waals surface area contributed by atoms with Crippen LogP contribution in [0.25, 0.3) is 0 Å². The zero-order chi connectivity index (χ0) is 9.84. The van der Waals surface area contributed by atoms with Crippen LogP contribution in [0.15, 0.2) is 20.6 Å². The molecule has 0 amide bonds. The monoisotopic (exact) mass is 216 g/mol. The second kappa shape index (κ2) is 4.53. The number of rotatable bonds is 2. The normalized spacial score (nSPS) is 14.5. The smallest absolute Gasteiger partial charge is 0.343 e. The lowest BCUT2D eigenvalue weighted by molar-refractivity contribution is -0.137. The fraction of sp³-hybridized carbons (Fsp3) is 0.250. The molecule has 0 radical (unpaired) electrons. The van der Waals surface area contributed by atoms with Crippen molar-refractivity contribution in [3.63, 3.8) is 0 Å². The van der Waals surface area contributed by atoms with Crippen LogP contribution < -0.4 is 0 Å². The highest BCUT2D eigenvalue weighted by Gasteiger charge is 2.22. The number of hydrogen-bond acceptors (Lipinski definition) is 5. The molecule has 0 aromatic rings. The Kier molecular flexibility index (Phi) is 3.62. The standard InChI is InChI=1S/C8H8O3S2/c1-5(9)6(7(10)11-2)8-12-3-4-13-8/h3-4H,1-2H3. The Labute approximate surface area is 84.6 Å². The maximum absolute atomic E-state index is 11.2. The number of carbonyl (C=O) groups excluding carboxylic acids is 2. The van der Waals surface area contributed by atoms with Gasteiger partial charge in [0.15, 0.2) is 5.78 Å². The lowest BCUT2D eigenvalue weighted by Gasteiger charge is -2.03. The van der Waals surface area contributed by atoms with Crippen LogP contribution in [0.5, 0.6) is 0 Å². The number of esters is 1. The van der Waals surface area contributed by atoms with E-state index >= 15 is 0 Å². The summed E-state index contributed by atoms with van der Waals surface area (Å²) in [5, 5.41) is 3.65. The van der Waals surface area contributed by atoms with E-state index in [0.717, 1.165) is 0 Å². The Hall–Kier alpha value is -0.680. The summed E-state index contributed by atoms with van der Waals surface area (Å²) < 4.78 is 5.21. The molecule has 0 bridgehead atoms. The summed E-state index contributed by atoms with van der Waals surface area (Å²) in [5.41, 5.74) is 0.141. The van der Waals surface area contributed by atoms with Crippen LogP contribution in [0.1, 0.15) is 6.92 Å². The number of carbonyl (C=O) groups is 2. The van der Waals surface area contributed by atoms with Gasteiger partial charge in [-0.3, -0.25) is 4.79 Å². The topological polar surface area (TPSA) is 43.4 Å². The highest BCUT2D eigenvalue weighted by Crippen LogP contribution is 2.40. The van der Waals surface area contributed by atoms with Gasteiger partial charge in [0.1, 0.15) is 5.57 Å². The molecule has 1 aliphatic rings. The molecule has 0 fully saturated rings. The molecule has 1 rings (SSSR count). The van der Waals surface area contributed by atoms with Crippen molar-refractivity contribution in [2.75, 3.05) is 7.11 Å². The summed E-state index contributed by atoms with van der Waals surface area (Å²) in [4.78, 5) is 22.3. The third-order valence-electron chi connectivity index (χ3n) is 1.35. The zero-order valence-corrected chi connectivity index (χ0v) is 8.83. The van der Waals surface area contributed by atoms with E-state index < -0.39 is 5.97 Å². The van der Waals surface area contributed by atoms with Crippen LogP contribution in [0.2, 0.25) is 0 Å². The van der Waals surface area contributed by atoms with Crippen molar-refractivity contribution in [2.24, 2.45) is 0 Å². The quantitative estimate of drug-likeness (QED) is 0.305. The van der Waals surface area contributed by atoms with Crippen LogP contribution in [0, 0.1) is 0 Å². The Morgan fingerprint density at radius 1 is 1.31 bits per heavy atom. The lowest BCUT2D eigenvalue weighted by atomic mass is 10.2. The van der Waals surface area contributed by atoms with Crippen molar-refractivity contribution in [3.8, 4) is 0 Å². The number of thioether (sulfide) groups is 2. The van der Waals surface area contributed by atoms with Gasteiger partial charge in [-0.05, 0) is 17.7 Å². The number of methoxy groups -OCH3 is 1. The molecule has 5 heteroatoms. The summed E-state index contributed by atoms with van der Waals surface area (Å²) in [6.07, 6.45) is 0. The van der Waals surface area contributed by atoms with Crippen molar-refractivity contribution in [3.05, 3.63) is 20.6 Å². The summed E-state index contributed by atoms with van der Waals surface area (Å²) in [5.74, 6) is -0.822. The largest absolute Gasteiger partial charge is 0.465 e. The van der Waals surface area contributed by atoms with Gasteiger partial charge < -0.3 is 4.74 Å². The predicted octanol–water partition coefficient (Wildman–Crippen LogP) is 1.91. The molecule has 0 N–H and O–H groups in total. The third-order valence-corrected chi connectivity index (χ3v) is 3.48. The van der Waals surface area contributed by atoms with E-state index in [1.807, 2.05) is 10.8 Å². The van der Waals surface area contributed by atoms with Gasteiger partial charge in [0.25, 0.3) is 0 Å². The average Bonchev–Trinajstić information content (AvgIpc) is 2.56. The van der Waals surface area contributed by atoms with E-state index in [2.05, 4.69) is 4.74 Å². The molecule has 13 heavy (non-hydrogen) atoms. The van der Waals surface area contributed by atoms with E-state index in [-0.39, 0.29) is 11.4 Å². The molecule has 1 aliphatic heterocycles. The first kappa shape index (κ1) is 10.4. The Balaban J connectivity index is 2.97. The molecule has 0 saturated carbocycles. The molecule has 0 saturated heterocycles. The van der Waals surface area contributed by atoms with Crippen LogP contribution in [0.3, 0.4) is 0 Å². The van der Waals surface area contributed by atoms with Crippen LogP contribution >= 0.6 is 23.5 Å². The zero-order valence-electron chi connectivity index (χ0n) is 7.20. The van der Waals surface area contributed by atoms with Gasteiger partial charge in [0.05, 0.1) is 11.3 Å². The molecule has 0 aromatic heterocycles. The molecular formula is C8H8O3S2. The third kappa shape index (κ3) is 2.38. The van der Waals surface area contributed by atoms with E-state index in [1.165, 1.54) is 37.6 Å². The van der Waals surface area contributed by atoms with Crippen LogP contribution in [-0.4, -0.2) is 18.9 Å². The van der Waals surface area contributed by atoms with Crippen molar-refractivity contribution in [2.45, 2.75) is 6.92 Å². The number of Topliss-reactive ketones (excluding diaryl/α,β-unsaturated/α-hetero) is 1. The van der Waals surface area contributed by atoms with Crippen LogP contribution in [0.4, 0.5) is 0 Å². The maximum atomic E-state index is 11.2. The van der Waals surface area contributed by atoms with Gasteiger partial charge >= 0.3 is 5.97 Å². The number of ether oxygens (including phenoxy) is 1. The van der Waals surface area contributed by atoms with Gasteiger partial charge in [0.2, 0.25) is 0 Å². The average molecular weight is 216 g/mol. The molecule has 1 heterocycles. The summed E-state index contributed by atoms with van der Waals surface area (Å²) in [6.45, 7) is 1.36. The van der Waals surface area contributed by atoms with Crippen molar-refractivity contribution in [1.82, 2.24) is 0 Å². The molecule has 0 atom stereocenters.